The zero-order valence-electron chi connectivity index (χ0n) is 21.0. The molecule has 0 radical (unpaired) electrons. The Morgan fingerprint density at radius 2 is 1.56 bits per heavy atom. The van der Waals surface area contributed by atoms with E-state index in [1.165, 1.54) is 45.2 Å². The van der Waals surface area contributed by atoms with Crippen LogP contribution in [0.5, 0.6) is 0 Å². The number of hydrogen-bond donors (Lipinski definition) is 3. The fraction of sp³-hybridized carbons (Fsp3) is 0.739. The molecule has 2 atom stereocenters. The van der Waals surface area contributed by atoms with E-state index in [9.17, 15) is 26.3 Å². The Morgan fingerprint density at radius 1 is 1.00 bits per heavy atom. The zero-order valence-corrected chi connectivity index (χ0v) is 21.0. The summed E-state index contributed by atoms with van der Waals surface area (Å²) in [6.45, 7) is 6.17. The van der Waals surface area contributed by atoms with Crippen molar-refractivity contribution in [3.8, 4) is 0 Å². The number of rotatable bonds is 5. The van der Waals surface area contributed by atoms with Gasteiger partial charge in [-0.1, -0.05) is 0 Å². The molecule has 1 aromatic heterocycles. The number of carboxylic acids is 2. The molecular formula is C23H32F6N4O6. The summed E-state index contributed by atoms with van der Waals surface area (Å²) in [6.07, 6.45) is 0.828. The third kappa shape index (κ3) is 11.9. The van der Waals surface area contributed by atoms with Crippen LogP contribution in [0.25, 0.3) is 0 Å². The van der Waals surface area contributed by atoms with Gasteiger partial charge in [-0.2, -0.15) is 26.3 Å². The number of anilines is 1. The largest absolute Gasteiger partial charge is 0.490 e. The molecule has 0 unspecified atom stereocenters. The van der Waals surface area contributed by atoms with E-state index in [1.807, 2.05) is 6.07 Å². The molecule has 0 aromatic carbocycles. The first-order valence-corrected chi connectivity index (χ1v) is 12.3. The lowest BCUT2D eigenvalue weighted by atomic mass is 9.90. The van der Waals surface area contributed by atoms with Crippen LogP contribution in [-0.2, 0) is 19.1 Å². The molecule has 4 heterocycles. The third-order valence-electron chi connectivity index (χ3n) is 6.37. The first kappa shape index (κ1) is 32.5. The molecule has 0 saturated carbocycles. The molecule has 3 aliphatic heterocycles. The van der Waals surface area contributed by atoms with Crippen LogP contribution < -0.4 is 5.32 Å². The van der Waals surface area contributed by atoms with Crippen LogP contribution in [0.4, 0.5) is 32.3 Å². The van der Waals surface area contributed by atoms with Crippen LogP contribution in [-0.4, -0.2) is 100 Å². The lowest BCUT2D eigenvalue weighted by molar-refractivity contribution is -0.193. The Labute approximate surface area is 220 Å². The fourth-order valence-corrected chi connectivity index (χ4v) is 4.54. The Balaban J connectivity index is 0.000000317. The van der Waals surface area contributed by atoms with Gasteiger partial charge in [-0.05, 0) is 50.5 Å². The Kier molecular flexibility index (Phi) is 12.2. The molecule has 1 spiro atoms. The number of carboxylic acid groups (broad SMARTS) is 2. The highest BCUT2D eigenvalue weighted by molar-refractivity contribution is 5.73. The Bertz CT molecular complexity index is 877. The lowest BCUT2D eigenvalue weighted by Crippen LogP contribution is -2.45. The fourth-order valence-electron chi connectivity index (χ4n) is 4.54. The second-order valence-corrected chi connectivity index (χ2v) is 9.42. The Hall–Kier alpha value is -2.72. The number of ether oxygens (including phenoxy) is 2. The third-order valence-corrected chi connectivity index (χ3v) is 6.37. The summed E-state index contributed by atoms with van der Waals surface area (Å²) in [5.74, 6) is -4.02. The van der Waals surface area contributed by atoms with E-state index >= 15 is 0 Å². The van der Waals surface area contributed by atoms with Gasteiger partial charge in [-0.25, -0.2) is 19.6 Å². The van der Waals surface area contributed by atoms with Gasteiger partial charge in [0.2, 0.25) is 5.95 Å². The van der Waals surface area contributed by atoms with E-state index in [0.717, 1.165) is 38.6 Å². The SMILES string of the molecule is O=C(O)C(F)(F)F.O=C(O)C(F)(F)F.c1cnc(NC[C@H]2CCC[C@]3(CCN(CC4CCOCC4)C3)O2)nc1. The first-order chi connectivity index (χ1) is 18.2. The number of hydrogen-bond acceptors (Lipinski definition) is 8. The molecule has 1 aromatic rings. The van der Waals surface area contributed by atoms with Crippen LogP contribution in [0.15, 0.2) is 18.5 Å². The summed E-state index contributed by atoms with van der Waals surface area (Å²) in [6, 6.07) is 1.84. The summed E-state index contributed by atoms with van der Waals surface area (Å²) in [4.78, 5) is 28.9. The maximum Gasteiger partial charge on any atom is 0.490 e. The number of nitrogens with zero attached hydrogens (tertiary/aromatic N) is 3. The molecule has 10 nitrogen and oxygen atoms in total. The average Bonchev–Trinajstić information content (AvgIpc) is 3.24. The summed E-state index contributed by atoms with van der Waals surface area (Å²) >= 11 is 0. The number of halogens is 6. The summed E-state index contributed by atoms with van der Waals surface area (Å²) in [7, 11) is 0. The number of likely N-dealkylation sites (tertiary alicyclic amines) is 1. The number of aromatic nitrogens is 2. The predicted molar refractivity (Wildman–Crippen MR) is 124 cm³/mol. The molecule has 3 aliphatic rings. The van der Waals surface area contributed by atoms with E-state index in [1.54, 1.807) is 12.4 Å². The lowest BCUT2D eigenvalue weighted by Gasteiger charge is -2.39. The number of carbonyl (C=O) groups is 2. The van der Waals surface area contributed by atoms with Crippen LogP contribution >= 0.6 is 0 Å². The van der Waals surface area contributed by atoms with Crippen molar-refractivity contribution in [1.82, 2.24) is 14.9 Å². The van der Waals surface area contributed by atoms with Gasteiger partial charge in [-0.3, -0.25) is 0 Å². The Morgan fingerprint density at radius 3 is 2.10 bits per heavy atom. The van der Waals surface area contributed by atoms with E-state index in [0.29, 0.717) is 5.95 Å². The maximum atomic E-state index is 10.6. The van der Waals surface area contributed by atoms with Crippen molar-refractivity contribution in [3.63, 3.8) is 0 Å². The molecule has 3 saturated heterocycles. The number of alkyl halides is 6. The topological polar surface area (TPSA) is 134 Å². The van der Waals surface area contributed by atoms with E-state index in [4.69, 9.17) is 29.3 Å². The van der Waals surface area contributed by atoms with Gasteiger partial charge in [0.1, 0.15) is 0 Å². The summed E-state index contributed by atoms with van der Waals surface area (Å²) in [5, 5.41) is 17.6. The van der Waals surface area contributed by atoms with Crippen molar-refractivity contribution in [2.24, 2.45) is 5.92 Å². The minimum atomic E-state index is -5.08. The standard InChI is InChI=1S/C19H30N4O2.2C2HF3O2/c1-3-17(13-22-18-20-8-2-9-21-18)25-19(6-1)7-10-23(15-19)14-16-4-11-24-12-5-16;2*3-2(4,5)1(6)7/h2,8-9,16-17H,1,3-7,10-15H2,(H,20,21,22);2*(H,6,7)/t17-,19-;;/m1../s1. The molecule has 39 heavy (non-hydrogen) atoms. The van der Waals surface area contributed by atoms with Gasteiger partial charge >= 0.3 is 24.3 Å². The van der Waals surface area contributed by atoms with Crippen LogP contribution in [0.3, 0.4) is 0 Å². The maximum absolute atomic E-state index is 10.6. The normalized spacial score (nSPS) is 24.2. The van der Waals surface area contributed by atoms with Crippen molar-refractivity contribution in [2.75, 3.05) is 44.7 Å². The molecular weight excluding hydrogens is 542 g/mol. The number of aliphatic carboxylic acids is 2. The van der Waals surface area contributed by atoms with E-state index < -0.39 is 24.3 Å². The molecule has 3 fully saturated rings. The smallest absolute Gasteiger partial charge is 0.475 e. The van der Waals surface area contributed by atoms with Gasteiger partial charge in [0, 0.05) is 51.8 Å². The van der Waals surface area contributed by atoms with Gasteiger partial charge in [0.05, 0.1) is 11.7 Å². The summed E-state index contributed by atoms with van der Waals surface area (Å²) in [5.41, 5.74) is 0.0767. The van der Waals surface area contributed by atoms with Crippen molar-refractivity contribution in [3.05, 3.63) is 18.5 Å². The second-order valence-electron chi connectivity index (χ2n) is 9.42. The molecule has 222 valence electrons. The van der Waals surface area contributed by atoms with E-state index in [2.05, 4.69) is 20.2 Å². The predicted octanol–water partition coefficient (Wildman–Crippen LogP) is 3.60. The minimum Gasteiger partial charge on any atom is -0.475 e. The van der Waals surface area contributed by atoms with Crippen molar-refractivity contribution in [1.29, 1.82) is 0 Å². The quantitative estimate of drug-likeness (QED) is 0.448. The van der Waals surface area contributed by atoms with Crippen molar-refractivity contribution >= 4 is 17.9 Å². The molecule has 0 aliphatic carbocycles. The zero-order chi connectivity index (χ0) is 29.1. The van der Waals surface area contributed by atoms with Gasteiger partial charge in [0.15, 0.2) is 0 Å². The first-order valence-electron chi connectivity index (χ1n) is 12.3. The monoisotopic (exact) mass is 574 g/mol. The van der Waals surface area contributed by atoms with E-state index in [-0.39, 0.29) is 11.7 Å². The van der Waals surface area contributed by atoms with Gasteiger partial charge in [0.25, 0.3) is 0 Å². The number of nitrogens with one attached hydrogen (secondary N) is 1. The van der Waals surface area contributed by atoms with Crippen LogP contribution in [0, 0.1) is 5.92 Å². The summed E-state index contributed by atoms with van der Waals surface area (Å²) < 4.78 is 75.6. The molecule has 0 bridgehead atoms. The average molecular weight is 575 g/mol. The highest BCUT2D eigenvalue weighted by Crippen LogP contribution is 2.37. The van der Waals surface area contributed by atoms with Crippen LogP contribution in [0.2, 0.25) is 0 Å². The van der Waals surface area contributed by atoms with Crippen molar-refractivity contribution in [2.45, 2.75) is 62.6 Å². The van der Waals surface area contributed by atoms with Crippen LogP contribution in [0.1, 0.15) is 38.5 Å². The van der Waals surface area contributed by atoms with Gasteiger partial charge < -0.3 is 29.9 Å². The minimum absolute atomic E-state index is 0.0767. The molecule has 3 N–H and O–H groups in total. The highest BCUT2D eigenvalue weighted by Gasteiger charge is 2.43. The van der Waals surface area contributed by atoms with Gasteiger partial charge in [-0.15, -0.1) is 0 Å². The highest BCUT2D eigenvalue weighted by atomic mass is 19.4. The second kappa shape index (κ2) is 14.6. The molecule has 4 rings (SSSR count). The molecule has 16 heteroatoms. The molecule has 0 amide bonds. The van der Waals surface area contributed by atoms with Crippen molar-refractivity contribution < 1.29 is 55.6 Å².